The molecule has 0 amide bonds. The standard InChI is InChI=1S/C15H18FN3/c1-10-8-18-15(19-9-10)14(17-3)7-12-6-13(16)5-4-11(12)2/h4-6,8-9,14,17H,7H2,1-3H3. The number of rotatable bonds is 4. The van der Waals surface area contributed by atoms with Crippen molar-refractivity contribution in [2.75, 3.05) is 7.05 Å². The molecule has 1 unspecified atom stereocenters. The number of aryl methyl sites for hydroxylation is 2. The van der Waals surface area contributed by atoms with E-state index in [1.54, 1.807) is 24.5 Å². The van der Waals surface area contributed by atoms with Crippen LogP contribution in [0.25, 0.3) is 0 Å². The number of hydrogen-bond donors (Lipinski definition) is 1. The van der Waals surface area contributed by atoms with Gasteiger partial charge in [-0.15, -0.1) is 0 Å². The van der Waals surface area contributed by atoms with E-state index in [1.807, 2.05) is 20.9 Å². The zero-order valence-electron chi connectivity index (χ0n) is 11.4. The molecule has 0 saturated heterocycles. The summed E-state index contributed by atoms with van der Waals surface area (Å²) in [5.74, 6) is 0.525. The second kappa shape index (κ2) is 5.89. The van der Waals surface area contributed by atoms with Crippen molar-refractivity contribution in [1.82, 2.24) is 15.3 Å². The fourth-order valence-corrected chi connectivity index (χ4v) is 1.98. The van der Waals surface area contributed by atoms with Crippen LogP contribution in [0.1, 0.15) is 28.6 Å². The van der Waals surface area contributed by atoms with Crippen molar-refractivity contribution in [1.29, 1.82) is 0 Å². The maximum atomic E-state index is 13.3. The topological polar surface area (TPSA) is 37.8 Å². The van der Waals surface area contributed by atoms with E-state index in [1.165, 1.54) is 6.07 Å². The van der Waals surface area contributed by atoms with Crippen LogP contribution < -0.4 is 5.32 Å². The summed E-state index contributed by atoms with van der Waals surface area (Å²) in [4.78, 5) is 8.66. The number of nitrogens with one attached hydrogen (secondary N) is 1. The lowest BCUT2D eigenvalue weighted by atomic mass is 10.0. The van der Waals surface area contributed by atoms with Crippen molar-refractivity contribution < 1.29 is 4.39 Å². The molecule has 0 radical (unpaired) electrons. The number of halogens is 1. The third-order valence-electron chi connectivity index (χ3n) is 3.20. The van der Waals surface area contributed by atoms with E-state index in [9.17, 15) is 4.39 Å². The average Bonchev–Trinajstić information content (AvgIpc) is 2.41. The van der Waals surface area contributed by atoms with E-state index >= 15 is 0 Å². The van der Waals surface area contributed by atoms with Gasteiger partial charge in [0.2, 0.25) is 0 Å². The third-order valence-corrected chi connectivity index (χ3v) is 3.20. The Morgan fingerprint density at radius 3 is 2.53 bits per heavy atom. The van der Waals surface area contributed by atoms with Crippen LogP contribution in [0.15, 0.2) is 30.6 Å². The number of hydrogen-bond acceptors (Lipinski definition) is 3. The fraction of sp³-hybridized carbons (Fsp3) is 0.333. The number of nitrogens with zero attached hydrogens (tertiary/aromatic N) is 2. The molecule has 0 spiro atoms. The van der Waals surface area contributed by atoms with Gasteiger partial charge in [-0.05, 0) is 56.1 Å². The van der Waals surface area contributed by atoms with Crippen molar-refractivity contribution >= 4 is 0 Å². The molecule has 0 aliphatic carbocycles. The molecule has 19 heavy (non-hydrogen) atoms. The SMILES string of the molecule is CNC(Cc1cc(F)ccc1C)c1ncc(C)cn1. The zero-order valence-corrected chi connectivity index (χ0v) is 11.4. The van der Waals surface area contributed by atoms with E-state index in [2.05, 4.69) is 15.3 Å². The predicted octanol–water partition coefficient (Wildman–Crippen LogP) is 2.74. The van der Waals surface area contributed by atoms with Gasteiger partial charge >= 0.3 is 0 Å². The molecule has 0 aliphatic rings. The van der Waals surface area contributed by atoms with Gasteiger partial charge in [-0.1, -0.05) is 6.07 Å². The van der Waals surface area contributed by atoms with Gasteiger partial charge in [0, 0.05) is 12.4 Å². The van der Waals surface area contributed by atoms with Crippen LogP contribution in [0.2, 0.25) is 0 Å². The summed E-state index contributed by atoms with van der Waals surface area (Å²) < 4.78 is 13.3. The van der Waals surface area contributed by atoms with Gasteiger partial charge in [0.05, 0.1) is 6.04 Å². The van der Waals surface area contributed by atoms with Gasteiger partial charge in [-0.3, -0.25) is 0 Å². The minimum absolute atomic E-state index is 0.0129. The Bertz CT molecular complexity index is 552. The zero-order chi connectivity index (χ0) is 13.8. The first-order chi connectivity index (χ1) is 9.10. The molecule has 1 N–H and O–H groups in total. The molecule has 4 heteroatoms. The summed E-state index contributed by atoms with van der Waals surface area (Å²) >= 11 is 0. The van der Waals surface area contributed by atoms with Crippen molar-refractivity contribution in [3.05, 3.63) is 58.9 Å². The van der Waals surface area contributed by atoms with Crippen molar-refractivity contribution in [2.45, 2.75) is 26.3 Å². The number of benzene rings is 1. The van der Waals surface area contributed by atoms with Crippen LogP contribution in [0, 0.1) is 19.7 Å². The highest BCUT2D eigenvalue weighted by atomic mass is 19.1. The van der Waals surface area contributed by atoms with Crippen molar-refractivity contribution in [3.63, 3.8) is 0 Å². The van der Waals surface area contributed by atoms with E-state index < -0.39 is 0 Å². The molecule has 0 aliphatic heterocycles. The summed E-state index contributed by atoms with van der Waals surface area (Å²) in [7, 11) is 1.86. The van der Waals surface area contributed by atoms with E-state index in [4.69, 9.17) is 0 Å². The molecule has 0 bridgehead atoms. The van der Waals surface area contributed by atoms with E-state index in [0.717, 1.165) is 22.5 Å². The monoisotopic (exact) mass is 259 g/mol. The van der Waals surface area contributed by atoms with Gasteiger partial charge in [-0.2, -0.15) is 0 Å². The first-order valence-corrected chi connectivity index (χ1v) is 6.31. The Hall–Kier alpha value is -1.81. The van der Waals surface area contributed by atoms with Gasteiger partial charge in [0.1, 0.15) is 11.6 Å². The summed E-state index contributed by atoms with van der Waals surface area (Å²) in [5.41, 5.74) is 3.08. The van der Waals surface area contributed by atoms with Crippen LogP contribution >= 0.6 is 0 Å². The summed E-state index contributed by atoms with van der Waals surface area (Å²) in [6.45, 7) is 3.94. The van der Waals surface area contributed by atoms with Crippen molar-refractivity contribution in [3.8, 4) is 0 Å². The second-order valence-corrected chi connectivity index (χ2v) is 4.73. The maximum absolute atomic E-state index is 13.3. The quantitative estimate of drug-likeness (QED) is 0.917. The summed E-state index contributed by atoms with van der Waals surface area (Å²) in [6.07, 6.45) is 4.26. The Morgan fingerprint density at radius 2 is 1.89 bits per heavy atom. The smallest absolute Gasteiger partial charge is 0.145 e. The lowest BCUT2D eigenvalue weighted by Gasteiger charge is -2.16. The van der Waals surface area contributed by atoms with Gasteiger partial charge in [-0.25, -0.2) is 14.4 Å². The number of aromatic nitrogens is 2. The van der Waals surface area contributed by atoms with E-state index in [0.29, 0.717) is 6.42 Å². The first-order valence-electron chi connectivity index (χ1n) is 6.31. The van der Waals surface area contributed by atoms with Gasteiger partial charge in [0.15, 0.2) is 0 Å². The fourth-order valence-electron chi connectivity index (χ4n) is 1.98. The molecule has 1 aromatic carbocycles. The van der Waals surface area contributed by atoms with Gasteiger partial charge < -0.3 is 5.32 Å². The second-order valence-electron chi connectivity index (χ2n) is 4.73. The first kappa shape index (κ1) is 13.6. The highest BCUT2D eigenvalue weighted by molar-refractivity contribution is 5.28. The maximum Gasteiger partial charge on any atom is 0.145 e. The largest absolute Gasteiger partial charge is 0.310 e. The minimum Gasteiger partial charge on any atom is -0.310 e. The molecule has 100 valence electrons. The van der Waals surface area contributed by atoms with Crippen LogP contribution in [0.4, 0.5) is 4.39 Å². The molecule has 1 heterocycles. The summed E-state index contributed by atoms with van der Waals surface area (Å²) in [5, 5.41) is 3.19. The Balaban J connectivity index is 2.23. The van der Waals surface area contributed by atoms with Crippen LogP contribution in [0.3, 0.4) is 0 Å². The average molecular weight is 259 g/mol. The highest BCUT2D eigenvalue weighted by Crippen LogP contribution is 2.18. The Morgan fingerprint density at radius 1 is 1.21 bits per heavy atom. The van der Waals surface area contributed by atoms with Crippen molar-refractivity contribution in [2.24, 2.45) is 0 Å². The Kier molecular flexibility index (Phi) is 4.22. The van der Waals surface area contributed by atoms with Crippen LogP contribution in [-0.4, -0.2) is 17.0 Å². The molecule has 2 aromatic rings. The molecule has 0 fully saturated rings. The summed E-state index contributed by atoms with van der Waals surface area (Å²) in [6, 6.07) is 4.85. The van der Waals surface area contributed by atoms with Gasteiger partial charge in [0.25, 0.3) is 0 Å². The highest BCUT2D eigenvalue weighted by Gasteiger charge is 2.14. The molecule has 2 rings (SSSR count). The molecule has 1 atom stereocenters. The van der Waals surface area contributed by atoms with Crippen LogP contribution in [0.5, 0.6) is 0 Å². The molecule has 3 nitrogen and oxygen atoms in total. The van der Waals surface area contributed by atoms with Crippen LogP contribution in [-0.2, 0) is 6.42 Å². The molecule has 1 aromatic heterocycles. The van der Waals surface area contributed by atoms with E-state index in [-0.39, 0.29) is 11.9 Å². The third kappa shape index (κ3) is 3.35. The lowest BCUT2D eigenvalue weighted by molar-refractivity contribution is 0.551. The Labute approximate surface area is 112 Å². The molecular weight excluding hydrogens is 241 g/mol. The lowest BCUT2D eigenvalue weighted by Crippen LogP contribution is -2.21. The molecule has 0 saturated carbocycles. The number of likely N-dealkylation sites (N-methyl/N-ethyl adjacent to an activating group) is 1. The predicted molar refractivity (Wildman–Crippen MR) is 73.4 cm³/mol. The normalized spacial score (nSPS) is 12.4. The minimum atomic E-state index is -0.208. The molecular formula is C15H18FN3.